The minimum Gasteiger partial charge on any atom is -0.276 e. The first-order valence-electron chi connectivity index (χ1n) is 6.16. The maximum atomic E-state index is 11.1. The molecule has 0 radical (unpaired) electrons. The number of hydrogen-bond donors (Lipinski definition) is 0. The largest absolute Gasteiger partial charge is 0.276 e. The van der Waals surface area contributed by atoms with Crippen molar-refractivity contribution in [2.24, 2.45) is 0 Å². The molecule has 0 bridgehead atoms. The van der Waals surface area contributed by atoms with E-state index in [1.807, 2.05) is 5.12 Å². The third kappa shape index (κ3) is 2.69. The van der Waals surface area contributed by atoms with Gasteiger partial charge in [-0.15, -0.1) is 0 Å². The number of hydrazine groups is 2. The molecular weight excluding hydrogens is 190 g/mol. The summed E-state index contributed by atoms with van der Waals surface area (Å²) in [5.74, 6) is 0. The Morgan fingerprint density at radius 1 is 0.733 bits per heavy atom. The molecule has 2 aliphatic rings. The van der Waals surface area contributed by atoms with Crippen molar-refractivity contribution in [3.8, 4) is 0 Å². The van der Waals surface area contributed by atoms with Gasteiger partial charge in [0.2, 0.25) is 6.41 Å². The van der Waals surface area contributed by atoms with Crippen LogP contribution in [0.1, 0.15) is 38.5 Å². The highest BCUT2D eigenvalue weighted by Crippen LogP contribution is 2.16. The lowest BCUT2D eigenvalue weighted by molar-refractivity contribution is -0.193. The molecule has 15 heavy (non-hydrogen) atoms. The van der Waals surface area contributed by atoms with Gasteiger partial charge in [-0.2, -0.15) is 0 Å². The molecule has 2 rings (SSSR count). The van der Waals surface area contributed by atoms with Crippen molar-refractivity contribution >= 4 is 6.41 Å². The Bertz CT molecular complexity index is 180. The molecule has 2 heterocycles. The minimum absolute atomic E-state index is 0.983. The fourth-order valence-corrected chi connectivity index (χ4v) is 2.48. The molecule has 0 N–H and O–H groups in total. The van der Waals surface area contributed by atoms with E-state index in [9.17, 15) is 4.79 Å². The fraction of sp³-hybridized carbons (Fsp3) is 0.909. The van der Waals surface area contributed by atoms with Crippen LogP contribution in [-0.4, -0.2) is 47.7 Å². The predicted molar refractivity (Wildman–Crippen MR) is 58.8 cm³/mol. The van der Waals surface area contributed by atoms with Gasteiger partial charge in [0.25, 0.3) is 0 Å². The van der Waals surface area contributed by atoms with E-state index in [2.05, 4.69) is 10.0 Å². The molecule has 2 saturated heterocycles. The highest BCUT2D eigenvalue weighted by Gasteiger charge is 2.23. The first-order chi connectivity index (χ1) is 7.42. The van der Waals surface area contributed by atoms with Crippen molar-refractivity contribution in [3.63, 3.8) is 0 Å². The van der Waals surface area contributed by atoms with E-state index in [0.717, 1.165) is 32.6 Å². The summed E-state index contributed by atoms with van der Waals surface area (Å²) in [4.78, 5) is 11.1. The molecule has 4 nitrogen and oxygen atoms in total. The van der Waals surface area contributed by atoms with Gasteiger partial charge < -0.3 is 0 Å². The molecule has 2 aliphatic heterocycles. The summed E-state index contributed by atoms with van der Waals surface area (Å²) in [6.45, 7) is 4.15. The Balaban J connectivity index is 1.91. The van der Waals surface area contributed by atoms with Gasteiger partial charge in [-0.05, 0) is 25.7 Å². The zero-order chi connectivity index (χ0) is 10.5. The number of rotatable bonds is 3. The van der Waals surface area contributed by atoms with Crippen molar-refractivity contribution < 1.29 is 4.79 Å². The van der Waals surface area contributed by atoms with Gasteiger partial charge in [-0.3, -0.25) is 4.79 Å². The van der Waals surface area contributed by atoms with Gasteiger partial charge in [0.05, 0.1) is 0 Å². The monoisotopic (exact) mass is 211 g/mol. The summed E-state index contributed by atoms with van der Waals surface area (Å²) >= 11 is 0. The van der Waals surface area contributed by atoms with Crippen molar-refractivity contribution in [3.05, 3.63) is 0 Å². The van der Waals surface area contributed by atoms with Crippen molar-refractivity contribution in [1.29, 1.82) is 0 Å². The summed E-state index contributed by atoms with van der Waals surface area (Å²) in [7, 11) is 0. The SMILES string of the molecule is O=CN(N1CCCCC1)N1CCCCC1. The van der Waals surface area contributed by atoms with Crippen molar-refractivity contribution in [2.45, 2.75) is 38.5 Å². The number of amides is 1. The van der Waals surface area contributed by atoms with Gasteiger partial charge >= 0.3 is 0 Å². The van der Waals surface area contributed by atoms with Crippen LogP contribution in [0.25, 0.3) is 0 Å². The molecule has 1 amide bonds. The molecule has 0 aromatic rings. The van der Waals surface area contributed by atoms with Crippen LogP contribution in [-0.2, 0) is 4.79 Å². The quantitative estimate of drug-likeness (QED) is 0.657. The fourth-order valence-electron chi connectivity index (χ4n) is 2.48. The molecule has 0 aromatic carbocycles. The predicted octanol–water partition coefficient (Wildman–Crippen LogP) is 1.25. The zero-order valence-corrected chi connectivity index (χ0v) is 9.40. The van der Waals surface area contributed by atoms with Crippen molar-refractivity contribution in [1.82, 2.24) is 15.1 Å². The number of carbonyl (C=O) groups excluding carboxylic acids is 1. The van der Waals surface area contributed by atoms with Crippen LogP contribution >= 0.6 is 0 Å². The first-order valence-corrected chi connectivity index (χ1v) is 6.16. The Morgan fingerprint density at radius 2 is 1.13 bits per heavy atom. The molecule has 2 fully saturated rings. The average Bonchev–Trinajstić information content (AvgIpc) is 2.33. The van der Waals surface area contributed by atoms with Gasteiger partial charge in [0.1, 0.15) is 0 Å². The molecule has 0 aromatic heterocycles. The van der Waals surface area contributed by atoms with Gasteiger partial charge in [0.15, 0.2) is 0 Å². The smallest absolute Gasteiger partial charge is 0.239 e. The molecule has 0 aliphatic carbocycles. The van der Waals surface area contributed by atoms with Gasteiger partial charge in [-0.1, -0.05) is 12.8 Å². The van der Waals surface area contributed by atoms with Crippen LogP contribution in [0.2, 0.25) is 0 Å². The number of nitrogens with zero attached hydrogens (tertiary/aromatic N) is 3. The Labute approximate surface area is 91.8 Å². The van der Waals surface area contributed by atoms with Crippen LogP contribution in [0.4, 0.5) is 0 Å². The molecule has 86 valence electrons. The summed E-state index contributed by atoms with van der Waals surface area (Å²) in [5, 5.41) is 6.22. The number of carbonyl (C=O) groups is 1. The van der Waals surface area contributed by atoms with E-state index < -0.39 is 0 Å². The van der Waals surface area contributed by atoms with E-state index in [0.29, 0.717) is 0 Å². The van der Waals surface area contributed by atoms with Crippen LogP contribution < -0.4 is 0 Å². The standard InChI is InChI=1S/C11H21N3O/c15-11-14(12-7-3-1-4-8-12)13-9-5-2-6-10-13/h11H,1-10H2. The second-order valence-electron chi connectivity index (χ2n) is 4.45. The van der Waals surface area contributed by atoms with E-state index >= 15 is 0 Å². The lowest BCUT2D eigenvalue weighted by Gasteiger charge is -2.42. The molecule has 0 atom stereocenters. The summed E-state index contributed by atoms with van der Waals surface area (Å²) < 4.78 is 0. The second kappa shape index (κ2) is 5.47. The first kappa shape index (κ1) is 10.9. The molecule has 0 spiro atoms. The topological polar surface area (TPSA) is 26.8 Å². The van der Waals surface area contributed by atoms with E-state index in [1.54, 1.807) is 0 Å². The maximum Gasteiger partial charge on any atom is 0.239 e. The van der Waals surface area contributed by atoms with Crippen LogP contribution in [0.15, 0.2) is 0 Å². The van der Waals surface area contributed by atoms with E-state index in [4.69, 9.17) is 0 Å². The van der Waals surface area contributed by atoms with Crippen LogP contribution in [0.5, 0.6) is 0 Å². The normalized spacial score (nSPS) is 25.1. The number of piperidine rings is 2. The zero-order valence-electron chi connectivity index (χ0n) is 9.40. The Morgan fingerprint density at radius 3 is 1.47 bits per heavy atom. The Kier molecular flexibility index (Phi) is 3.97. The lowest BCUT2D eigenvalue weighted by atomic mass is 10.1. The van der Waals surface area contributed by atoms with Gasteiger partial charge in [-0.25, -0.2) is 15.1 Å². The molecular formula is C11H21N3O. The minimum atomic E-state index is 0.983. The molecule has 4 heteroatoms. The van der Waals surface area contributed by atoms with Crippen LogP contribution in [0.3, 0.4) is 0 Å². The Hall–Kier alpha value is -0.610. The third-order valence-electron chi connectivity index (χ3n) is 3.34. The number of hydrogen-bond acceptors (Lipinski definition) is 3. The maximum absolute atomic E-state index is 11.1. The lowest BCUT2D eigenvalue weighted by Crippen LogP contribution is -2.55. The molecule has 0 unspecified atom stereocenters. The summed E-state index contributed by atoms with van der Waals surface area (Å²) in [5.41, 5.74) is 0. The van der Waals surface area contributed by atoms with Crippen LogP contribution in [0, 0.1) is 0 Å². The van der Waals surface area contributed by atoms with E-state index in [-0.39, 0.29) is 0 Å². The second-order valence-corrected chi connectivity index (χ2v) is 4.45. The highest BCUT2D eigenvalue weighted by atomic mass is 16.2. The third-order valence-corrected chi connectivity index (χ3v) is 3.34. The summed E-state index contributed by atoms with van der Waals surface area (Å²) in [6, 6.07) is 0. The summed E-state index contributed by atoms with van der Waals surface area (Å²) in [6.07, 6.45) is 8.48. The average molecular weight is 211 g/mol. The van der Waals surface area contributed by atoms with E-state index in [1.165, 1.54) is 38.5 Å². The molecule has 0 saturated carbocycles. The van der Waals surface area contributed by atoms with Crippen molar-refractivity contribution in [2.75, 3.05) is 26.2 Å². The highest BCUT2D eigenvalue weighted by molar-refractivity contribution is 5.45. The van der Waals surface area contributed by atoms with Gasteiger partial charge in [0, 0.05) is 26.2 Å².